The quantitative estimate of drug-likeness (QED) is 0.791. The van der Waals surface area contributed by atoms with E-state index in [1.807, 2.05) is 0 Å². The topological polar surface area (TPSA) is 55.8 Å². The van der Waals surface area contributed by atoms with Crippen molar-refractivity contribution in [1.29, 1.82) is 0 Å². The van der Waals surface area contributed by atoms with E-state index in [1.165, 1.54) is 17.1 Å². The Bertz CT molecular complexity index is 609. The fraction of sp³-hybridized carbons (Fsp3) is 0.571. The maximum atomic E-state index is 12.5. The average molecular weight is 376 g/mol. The molecular weight excluding hydrogens is 358 g/mol. The summed E-state index contributed by atoms with van der Waals surface area (Å²) in [6, 6.07) is 4.95. The number of halogens is 1. The summed E-state index contributed by atoms with van der Waals surface area (Å²) in [4.78, 5) is 0.287. The third-order valence-corrected chi connectivity index (χ3v) is 6.20. The lowest BCUT2D eigenvalue weighted by Crippen LogP contribution is -2.40. The number of morpholine rings is 1. The van der Waals surface area contributed by atoms with Gasteiger partial charge in [0.05, 0.1) is 29.2 Å². The molecule has 5 nitrogen and oxygen atoms in total. The lowest BCUT2D eigenvalue weighted by atomic mass is 10.3. The van der Waals surface area contributed by atoms with Crippen molar-refractivity contribution >= 4 is 26.0 Å². The molecule has 3 rings (SSSR count). The van der Waals surface area contributed by atoms with Crippen LogP contribution in [0.15, 0.2) is 27.6 Å². The molecule has 0 unspecified atom stereocenters. The van der Waals surface area contributed by atoms with E-state index in [-0.39, 0.29) is 4.90 Å². The second kappa shape index (κ2) is 6.24. The molecule has 0 amide bonds. The summed E-state index contributed by atoms with van der Waals surface area (Å²) in [5, 5.41) is 0. The molecule has 7 heteroatoms. The van der Waals surface area contributed by atoms with Gasteiger partial charge in [0.25, 0.3) is 0 Å². The minimum absolute atomic E-state index is 0.287. The smallest absolute Gasteiger partial charge is 0.243 e. The maximum Gasteiger partial charge on any atom is 0.243 e. The Morgan fingerprint density at radius 2 is 2.00 bits per heavy atom. The molecular formula is C14H18BrNO4S. The van der Waals surface area contributed by atoms with E-state index in [9.17, 15) is 8.42 Å². The van der Waals surface area contributed by atoms with Gasteiger partial charge >= 0.3 is 0 Å². The molecule has 21 heavy (non-hydrogen) atoms. The number of ether oxygens (including phenoxy) is 2. The molecule has 1 saturated carbocycles. The molecule has 0 N–H and O–H groups in total. The summed E-state index contributed by atoms with van der Waals surface area (Å²) in [5.41, 5.74) is 0. The van der Waals surface area contributed by atoms with E-state index < -0.39 is 10.0 Å². The van der Waals surface area contributed by atoms with Crippen molar-refractivity contribution in [3.05, 3.63) is 22.7 Å². The Kier molecular flexibility index (Phi) is 4.54. The van der Waals surface area contributed by atoms with Crippen LogP contribution in [0, 0.1) is 5.92 Å². The number of rotatable bonds is 5. The van der Waals surface area contributed by atoms with E-state index in [2.05, 4.69) is 15.9 Å². The highest BCUT2D eigenvalue weighted by Gasteiger charge is 2.27. The van der Waals surface area contributed by atoms with Crippen LogP contribution < -0.4 is 4.74 Å². The zero-order valence-corrected chi connectivity index (χ0v) is 14.0. The Morgan fingerprint density at radius 3 is 2.62 bits per heavy atom. The molecule has 1 heterocycles. The summed E-state index contributed by atoms with van der Waals surface area (Å²) in [5.74, 6) is 1.36. The zero-order chi connectivity index (χ0) is 14.9. The average Bonchev–Trinajstić information content (AvgIpc) is 3.31. The highest BCUT2D eigenvalue weighted by atomic mass is 79.9. The predicted octanol–water partition coefficient (Wildman–Crippen LogP) is 2.26. The first-order valence-electron chi connectivity index (χ1n) is 7.07. The van der Waals surface area contributed by atoms with Gasteiger partial charge in [-0.1, -0.05) is 0 Å². The normalized spacial score (nSPS) is 20.4. The number of benzene rings is 1. The summed E-state index contributed by atoms with van der Waals surface area (Å²) in [6.45, 7) is 2.40. The fourth-order valence-corrected chi connectivity index (χ4v) is 4.27. The van der Waals surface area contributed by atoms with Crippen LogP contribution in [0.4, 0.5) is 0 Å². The van der Waals surface area contributed by atoms with Crippen LogP contribution in [0.5, 0.6) is 5.75 Å². The minimum Gasteiger partial charge on any atom is -0.492 e. The first-order chi connectivity index (χ1) is 10.1. The van der Waals surface area contributed by atoms with Crippen molar-refractivity contribution < 1.29 is 17.9 Å². The Balaban J connectivity index is 1.76. The monoisotopic (exact) mass is 375 g/mol. The van der Waals surface area contributed by atoms with Gasteiger partial charge < -0.3 is 9.47 Å². The largest absolute Gasteiger partial charge is 0.492 e. The highest BCUT2D eigenvalue weighted by molar-refractivity contribution is 9.10. The summed E-state index contributed by atoms with van der Waals surface area (Å²) in [6.07, 6.45) is 2.45. The van der Waals surface area contributed by atoms with Gasteiger partial charge in [-0.3, -0.25) is 0 Å². The predicted molar refractivity (Wildman–Crippen MR) is 81.9 cm³/mol. The molecule has 0 spiro atoms. The third-order valence-electron chi connectivity index (χ3n) is 3.68. The van der Waals surface area contributed by atoms with Crippen molar-refractivity contribution in [3.8, 4) is 5.75 Å². The first-order valence-corrected chi connectivity index (χ1v) is 9.31. The molecule has 116 valence electrons. The van der Waals surface area contributed by atoms with Gasteiger partial charge in [-0.15, -0.1) is 0 Å². The summed E-state index contributed by atoms with van der Waals surface area (Å²) >= 11 is 3.40. The second-order valence-corrected chi connectivity index (χ2v) is 8.16. The summed E-state index contributed by atoms with van der Waals surface area (Å²) < 4.78 is 38.1. The van der Waals surface area contributed by atoms with Crippen LogP contribution in [-0.2, 0) is 14.8 Å². The van der Waals surface area contributed by atoms with Crippen LogP contribution in [0.2, 0.25) is 0 Å². The Labute approximate surface area is 133 Å². The van der Waals surface area contributed by atoms with Crippen molar-refractivity contribution in [1.82, 2.24) is 4.31 Å². The molecule has 0 radical (unpaired) electrons. The summed E-state index contributed by atoms with van der Waals surface area (Å²) in [7, 11) is -3.45. The van der Waals surface area contributed by atoms with Crippen LogP contribution >= 0.6 is 15.9 Å². The molecule has 0 aromatic heterocycles. The van der Waals surface area contributed by atoms with Gasteiger partial charge in [0.15, 0.2) is 0 Å². The van der Waals surface area contributed by atoms with E-state index in [4.69, 9.17) is 9.47 Å². The fourth-order valence-electron chi connectivity index (χ4n) is 2.19. The number of nitrogens with zero attached hydrogens (tertiary/aromatic N) is 1. The molecule has 1 aromatic carbocycles. The van der Waals surface area contributed by atoms with E-state index in [0.29, 0.717) is 49.1 Å². The van der Waals surface area contributed by atoms with E-state index in [0.717, 1.165) is 0 Å². The van der Waals surface area contributed by atoms with Gasteiger partial charge in [0, 0.05) is 13.1 Å². The van der Waals surface area contributed by atoms with Crippen LogP contribution in [0.3, 0.4) is 0 Å². The highest BCUT2D eigenvalue weighted by Crippen LogP contribution is 2.33. The first kappa shape index (κ1) is 15.3. The molecule has 2 fully saturated rings. The standard InChI is InChI=1S/C14H18BrNO4S/c15-13-9-12(3-4-14(13)20-10-11-1-2-11)21(17,18)16-5-7-19-8-6-16/h3-4,9,11H,1-2,5-8,10H2. The van der Waals surface area contributed by atoms with E-state index >= 15 is 0 Å². The molecule has 0 atom stereocenters. The third kappa shape index (κ3) is 3.59. The van der Waals surface area contributed by atoms with Crippen molar-refractivity contribution in [2.24, 2.45) is 5.92 Å². The van der Waals surface area contributed by atoms with E-state index in [1.54, 1.807) is 18.2 Å². The number of sulfonamides is 1. The molecule has 1 aliphatic carbocycles. The van der Waals surface area contributed by atoms with Gasteiger partial charge in [-0.25, -0.2) is 8.42 Å². The molecule has 1 saturated heterocycles. The number of hydrogen-bond acceptors (Lipinski definition) is 4. The Hall–Kier alpha value is -0.630. The van der Waals surface area contributed by atoms with Crippen molar-refractivity contribution in [2.45, 2.75) is 17.7 Å². The zero-order valence-electron chi connectivity index (χ0n) is 11.6. The lowest BCUT2D eigenvalue weighted by molar-refractivity contribution is 0.0730. The van der Waals surface area contributed by atoms with Gasteiger partial charge in [0.2, 0.25) is 10.0 Å². The van der Waals surface area contributed by atoms with Crippen LogP contribution in [-0.4, -0.2) is 45.6 Å². The van der Waals surface area contributed by atoms with Gasteiger partial charge in [-0.05, 0) is 52.9 Å². The SMILES string of the molecule is O=S(=O)(c1ccc(OCC2CC2)c(Br)c1)N1CCOCC1. The van der Waals surface area contributed by atoms with Crippen LogP contribution in [0.1, 0.15) is 12.8 Å². The lowest BCUT2D eigenvalue weighted by Gasteiger charge is -2.26. The van der Waals surface area contributed by atoms with Crippen LogP contribution in [0.25, 0.3) is 0 Å². The molecule has 2 aliphatic rings. The van der Waals surface area contributed by atoms with Gasteiger partial charge in [0.1, 0.15) is 5.75 Å². The van der Waals surface area contributed by atoms with Crippen molar-refractivity contribution in [3.63, 3.8) is 0 Å². The molecule has 1 aliphatic heterocycles. The maximum absolute atomic E-state index is 12.5. The second-order valence-electron chi connectivity index (χ2n) is 5.36. The molecule has 0 bridgehead atoms. The van der Waals surface area contributed by atoms with Gasteiger partial charge in [-0.2, -0.15) is 4.31 Å². The Morgan fingerprint density at radius 1 is 1.29 bits per heavy atom. The minimum atomic E-state index is -3.45. The van der Waals surface area contributed by atoms with Crippen molar-refractivity contribution in [2.75, 3.05) is 32.9 Å². The number of hydrogen-bond donors (Lipinski definition) is 0. The molecule has 1 aromatic rings.